The van der Waals surface area contributed by atoms with Crippen molar-refractivity contribution in [2.75, 3.05) is 12.3 Å². The van der Waals surface area contributed by atoms with E-state index < -0.39 is 10.0 Å². The molecule has 0 atom stereocenters. The summed E-state index contributed by atoms with van der Waals surface area (Å²) in [5, 5.41) is 9.96. The number of benzene rings is 1. The van der Waals surface area contributed by atoms with Gasteiger partial charge in [0.25, 0.3) is 0 Å². The molecule has 0 amide bonds. The van der Waals surface area contributed by atoms with Gasteiger partial charge in [0.2, 0.25) is 10.0 Å². The maximum absolute atomic E-state index is 13.8. The Morgan fingerprint density at radius 3 is 2.76 bits per heavy atom. The van der Waals surface area contributed by atoms with Gasteiger partial charge in [0.15, 0.2) is 0 Å². The fourth-order valence-corrected chi connectivity index (χ4v) is 3.23. The molecule has 114 valence electrons. The summed E-state index contributed by atoms with van der Waals surface area (Å²) in [5.41, 5.74) is 1.55. The quantitative estimate of drug-likeness (QED) is 0.766. The van der Waals surface area contributed by atoms with Crippen LogP contribution in [-0.2, 0) is 16.6 Å². The third-order valence-corrected chi connectivity index (χ3v) is 4.69. The molecule has 0 spiro atoms. The number of rotatable bonds is 7. The van der Waals surface area contributed by atoms with Gasteiger partial charge in [0, 0.05) is 17.0 Å². The maximum atomic E-state index is 13.8. The maximum Gasteiger partial charge on any atom is 0.209 e. The zero-order valence-corrected chi connectivity index (χ0v) is 13.0. The summed E-state index contributed by atoms with van der Waals surface area (Å²) in [5.74, 6) is -0.278. The highest BCUT2D eigenvalue weighted by atomic mass is 32.2. The minimum absolute atomic E-state index is 0.0378. The van der Waals surface area contributed by atoms with E-state index in [2.05, 4.69) is 5.32 Å². The molecule has 0 saturated carbocycles. The van der Waals surface area contributed by atoms with Crippen molar-refractivity contribution in [3.63, 3.8) is 0 Å². The van der Waals surface area contributed by atoms with E-state index in [9.17, 15) is 12.8 Å². The lowest BCUT2D eigenvalue weighted by Crippen LogP contribution is -2.22. The summed E-state index contributed by atoms with van der Waals surface area (Å²) in [6, 6.07) is 8.76. The number of thiophene rings is 1. The number of sulfonamides is 1. The van der Waals surface area contributed by atoms with Crippen molar-refractivity contribution in [1.82, 2.24) is 5.32 Å². The first kappa shape index (κ1) is 16.1. The Morgan fingerprint density at radius 2 is 2.10 bits per heavy atom. The van der Waals surface area contributed by atoms with Crippen LogP contribution < -0.4 is 10.5 Å². The van der Waals surface area contributed by atoms with Crippen LogP contribution >= 0.6 is 11.3 Å². The summed E-state index contributed by atoms with van der Waals surface area (Å²) in [7, 11) is -3.40. The molecule has 0 aliphatic heterocycles. The number of hydrogen-bond donors (Lipinski definition) is 2. The summed E-state index contributed by atoms with van der Waals surface area (Å²) in [6.45, 7) is 1.10. The molecular weight excluding hydrogens is 311 g/mol. The first-order chi connectivity index (χ1) is 9.96. The van der Waals surface area contributed by atoms with E-state index in [0.29, 0.717) is 25.1 Å². The zero-order valence-electron chi connectivity index (χ0n) is 11.4. The van der Waals surface area contributed by atoms with Crippen LogP contribution in [0.4, 0.5) is 4.39 Å². The molecule has 2 rings (SSSR count). The molecule has 0 radical (unpaired) electrons. The molecule has 0 fully saturated rings. The predicted octanol–water partition coefficient (Wildman–Crippen LogP) is 2.32. The minimum Gasteiger partial charge on any atom is -0.313 e. The summed E-state index contributed by atoms with van der Waals surface area (Å²) < 4.78 is 35.4. The van der Waals surface area contributed by atoms with Gasteiger partial charge in [-0.05, 0) is 42.1 Å². The largest absolute Gasteiger partial charge is 0.313 e. The van der Waals surface area contributed by atoms with Crippen molar-refractivity contribution in [1.29, 1.82) is 0 Å². The number of hydrogen-bond acceptors (Lipinski definition) is 4. The summed E-state index contributed by atoms with van der Waals surface area (Å²) in [6.07, 6.45) is 0.456. The van der Waals surface area contributed by atoms with Crippen LogP contribution in [-0.4, -0.2) is 20.7 Å². The monoisotopic (exact) mass is 328 g/mol. The SMILES string of the molecule is NS(=O)(=O)CCCNCc1ccc(F)c(-c2cccs2)c1. The Labute approximate surface area is 127 Å². The van der Waals surface area contributed by atoms with Crippen molar-refractivity contribution in [3.8, 4) is 10.4 Å². The minimum atomic E-state index is -3.40. The normalized spacial score (nSPS) is 11.7. The Morgan fingerprint density at radius 1 is 1.29 bits per heavy atom. The number of primary sulfonamides is 1. The van der Waals surface area contributed by atoms with E-state index in [4.69, 9.17) is 5.14 Å². The Kier molecular flexibility index (Phi) is 5.46. The lowest BCUT2D eigenvalue weighted by molar-refractivity contribution is 0.590. The van der Waals surface area contributed by atoms with E-state index >= 15 is 0 Å². The Balaban J connectivity index is 1.91. The van der Waals surface area contributed by atoms with Crippen molar-refractivity contribution in [2.24, 2.45) is 5.14 Å². The molecule has 0 aliphatic rings. The fourth-order valence-electron chi connectivity index (χ4n) is 1.93. The third-order valence-electron chi connectivity index (χ3n) is 2.93. The van der Waals surface area contributed by atoms with E-state index in [1.807, 2.05) is 23.6 Å². The van der Waals surface area contributed by atoms with Crippen LogP contribution in [0.3, 0.4) is 0 Å². The van der Waals surface area contributed by atoms with Crippen molar-refractivity contribution >= 4 is 21.4 Å². The van der Waals surface area contributed by atoms with Crippen LogP contribution in [0.1, 0.15) is 12.0 Å². The molecule has 0 unspecified atom stereocenters. The fraction of sp³-hybridized carbons (Fsp3) is 0.286. The highest BCUT2D eigenvalue weighted by Gasteiger charge is 2.07. The molecule has 7 heteroatoms. The van der Waals surface area contributed by atoms with Gasteiger partial charge in [-0.3, -0.25) is 0 Å². The Hall–Kier alpha value is -1.28. The van der Waals surface area contributed by atoms with Gasteiger partial charge in [-0.15, -0.1) is 11.3 Å². The average Bonchev–Trinajstić information content (AvgIpc) is 2.92. The highest BCUT2D eigenvalue weighted by molar-refractivity contribution is 7.89. The standard InChI is InChI=1S/C14H17FN2O2S2/c15-13-5-4-11(9-12(13)14-3-1-7-20-14)10-17-6-2-8-21(16,18)19/h1,3-5,7,9,17H,2,6,8,10H2,(H2,16,18,19). The van der Waals surface area contributed by atoms with Gasteiger partial charge in [0.1, 0.15) is 5.82 Å². The van der Waals surface area contributed by atoms with E-state index in [0.717, 1.165) is 10.4 Å². The molecule has 0 bridgehead atoms. The highest BCUT2D eigenvalue weighted by Crippen LogP contribution is 2.28. The third kappa shape index (κ3) is 5.20. The predicted molar refractivity (Wildman–Crippen MR) is 84.0 cm³/mol. The second-order valence-electron chi connectivity index (χ2n) is 4.69. The van der Waals surface area contributed by atoms with Gasteiger partial charge in [0.05, 0.1) is 5.75 Å². The zero-order chi connectivity index (χ0) is 15.3. The molecule has 3 N–H and O–H groups in total. The van der Waals surface area contributed by atoms with Crippen molar-refractivity contribution in [2.45, 2.75) is 13.0 Å². The molecule has 2 aromatic rings. The lowest BCUT2D eigenvalue weighted by Gasteiger charge is -2.07. The number of nitrogens with two attached hydrogens (primary N) is 1. The second kappa shape index (κ2) is 7.13. The smallest absolute Gasteiger partial charge is 0.209 e. The van der Waals surface area contributed by atoms with Crippen LogP contribution in [0.5, 0.6) is 0 Å². The molecule has 0 aliphatic carbocycles. The molecule has 21 heavy (non-hydrogen) atoms. The van der Waals surface area contributed by atoms with Crippen molar-refractivity contribution < 1.29 is 12.8 Å². The molecule has 0 saturated heterocycles. The van der Waals surface area contributed by atoms with Gasteiger partial charge in [-0.2, -0.15) is 0 Å². The Bertz CT molecular complexity index is 685. The van der Waals surface area contributed by atoms with Gasteiger partial charge in [-0.25, -0.2) is 17.9 Å². The second-order valence-corrected chi connectivity index (χ2v) is 7.37. The van der Waals surface area contributed by atoms with E-state index in [1.54, 1.807) is 6.07 Å². The molecule has 1 aromatic heterocycles. The topological polar surface area (TPSA) is 72.2 Å². The molecule has 1 aromatic carbocycles. The summed E-state index contributed by atoms with van der Waals surface area (Å²) >= 11 is 1.49. The number of halogens is 1. The molecular formula is C14H17FN2O2S2. The van der Waals surface area contributed by atoms with Crippen LogP contribution in [0.25, 0.3) is 10.4 Å². The molecule has 4 nitrogen and oxygen atoms in total. The van der Waals surface area contributed by atoms with E-state index in [-0.39, 0.29) is 11.6 Å². The number of nitrogens with one attached hydrogen (secondary N) is 1. The van der Waals surface area contributed by atoms with Gasteiger partial charge in [-0.1, -0.05) is 12.1 Å². The molecule has 1 heterocycles. The van der Waals surface area contributed by atoms with Crippen LogP contribution in [0.15, 0.2) is 35.7 Å². The first-order valence-electron chi connectivity index (χ1n) is 6.49. The van der Waals surface area contributed by atoms with Gasteiger partial charge >= 0.3 is 0 Å². The lowest BCUT2D eigenvalue weighted by atomic mass is 10.1. The van der Waals surface area contributed by atoms with Crippen LogP contribution in [0, 0.1) is 5.82 Å². The van der Waals surface area contributed by atoms with Crippen LogP contribution in [0.2, 0.25) is 0 Å². The summed E-state index contributed by atoms with van der Waals surface area (Å²) in [4.78, 5) is 0.892. The van der Waals surface area contributed by atoms with Gasteiger partial charge < -0.3 is 5.32 Å². The van der Waals surface area contributed by atoms with Crippen molar-refractivity contribution in [3.05, 3.63) is 47.1 Å². The average molecular weight is 328 g/mol. The first-order valence-corrected chi connectivity index (χ1v) is 9.09. The van der Waals surface area contributed by atoms with E-state index in [1.165, 1.54) is 17.4 Å².